The normalized spacial score (nSPS) is 10.9. The van der Waals surface area contributed by atoms with Crippen molar-refractivity contribution in [3.63, 3.8) is 0 Å². The zero-order valence-electron chi connectivity index (χ0n) is 13.3. The van der Waals surface area contributed by atoms with Crippen molar-refractivity contribution in [2.75, 3.05) is 0 Å². The minimum atomic E-state index is -0.682. The molecule has 3 rings (SSSR count). The summed E-state index contributed by atoms with van der Waals surface area (Å²) in [5, 5.41) is 1.96. The Labute approximate surface area is 155 Å². The van der Waals surface area contributed by atoms with Crippen LogP contribution in [0, 0.1) is 18.6 Å². The standard InChI is InChI=1S/C18H14BrF2NO2S/c1-11-7-16(24-10-12-4-5-13(20)8-15(12)21)17(19)18(23)22(11)9-14-3-2-6-25-14/h2-8H,9-10H2,1H3. The van der Waals surface area contributed by atoms with E-state index in [9.17, 15) is 13.6 Å². The quantitative estimate of drug-likeness (QED) is 0.582. The van der Waals surface area contributed by atoms with Gasteiger partial charge in [0.05, 0.1) is 6.54 Å². The van der Waals surface area contributed by atoms with E-state index in [4.69, 9.17) is 4.74 Å². The number of halogens is 3. The van der Waals surface area contributed by atoms with Gasteiger partial charge in [-0.05, 0) is 46.4 Å². The number of rotatable bonds is 5. The van der Waals surface area contributed by atoms with Crippen molar-refractivity contribution >= 4 is 27.3 Å². The zero-order chi connectivity index (χ0) is 18.0. The number of nitrogens with zero attached hydrogens (tertiary/aromatic N) is 1. The number of ether oxygens (including phenoxy) is 1. The van der Waals surface area contributed by atoms with Crippen LogP contribution in [0.25, 0.3) is 0 Å². The molecule has 25 heavy (non-hydrogen) atoms. The van der Waals surface area contributed by atoms with Crippen LogP contribution in [0.4, 0.5) is 8.78 Å². The van der Waals surface area contributed by atoms with Crippen molar-refractivity contribution in [1.82, 2.24) is 4.57 Å². The van der Waals surface area contributed by atoms with E-state index in [-0.39, 0.29) is 22.2 Å². The highest BCUT2D eigenvalue weighted by atomic mass is 79.9. The van der Waals surface area contributed by atoms with Crippen molar-refractivity contribution in [1.29, 1.82) is 0 Å². The highest BCUT2D eigenvalue weighted by molar-refractivity contribution is 9.10. The molecule has 0 unspecified atom stereocenters. The Morgan fingerprint density at radius 2 is 2.04 bits per heavy atom. The topological polar surface area (TPSA) is 31.2 Å². The lowest BCUT2D eigenvalue weighted by Crippen LogP contribution is -2.23. The largest absolute Gasteiger partial charge is 0.487 e. The maximum atomic E-state index is 13.7. The van der Waals surface area contributed by atoms with Gasteiger partial charge in [0.25, 0.3) is 5.56 Å². The number of benzene rings is 1. The maximum absolute atomic E-state index is 13.7. The van der Waals surface area contributed by atoms with E-state index >= 15 is 0 Å². The van der Waals surface area contributed by atoms with E-state index in [1.165, 1.54) is 12.1 Å². The molecule has 130 valence electrons. The lowest BCUT2D eigenvalue weighted by molar-refractivity contribution is 0.296. The highest BCUT2D eigenvalue weighted by Gasteiger charge is 2.14. The number of thiophene rings is 1. The van der Waals surface area contributed by atoms with Gasteiger partial charge < -0.3 is 9.30 Å². The number of hydrogen-bond acceptors (Lipinski definition) is 3. The van der Waals surface area contributed by atoms with Crippen LogP contribution in [0.15, 0.2) is 51.0 Å². The first kappa shape index (κ1) is 17.8. The van der Waals surface area contributed by atoms with Crippen LogP contribution in [-0.2, 0) is 13.2 Å². The van der Waals surface area contributed by atoms with Crippen molar-refractivity contribution in [2.24, 2.45) is 0 Å². The third-order valence-electron chi connectivity index (χ3n) is 3.71. The number of aromatic nitrogens is 1. The summed E-state index contributed by atoms with van der Waals surface area (Å²) in [6.07, 6.45) is 0. The van der Waals surface area contributed by atoms with Gasteiger partial charge in [0.1, 0.15) is 28.5 Å². The summed E-state index contributed by atoms with van der Waals surface area (Å²) in [7, 11) is 0. The molecule has 0 spiro atoms. The first-order valence-electron chi connectivity index (χ1n) is 7.44. The summed E-state index contributed by atoms with van der Waals surface area (Å²) in [6.45, 7) is 2.19. The van der Waals surface area contributed by atoms with E-state index in [0.29, 0.717) is 12.3 Å². The Bertz CT molecular complexity index is 954. The molecule has 1 aromatic carbocycles. The zero-order valence-corrected chi connectivity index (χ0v) is 15.7. The summed E-state index contributed by atoms with van der Waals surface area (Å²) < 4.78 is 34.1. The van der Waals surface area contributed by atoms with Crippen LogP contribution in [0.3, 0.4) is 0 Å². The molecule has 3 aromatic rings. The monoisotopic (exact) mass is 425 g/mol. The third-order valence-corrected chi connectivity index (χ3v) is 5.30. The number of hydrogen-bond donors (Lipinski definition) is 0. The molecule has 2 heterocycles. The van der Waals surface area contributed by atoms with Gasteiger partial charge in [0, 0.05) is 28.3 Å². The lowest BCUT2D eigenvalue weighted by atomic mass is 10.2. The van der Waals surface area contributed by atoms with Crippen molar-refractivity contribution in [3.05, 3.63) is 84.4 Å². The molecular weight excluding hydrogens is 412 g/mol. The van der Waals surface area contributed by atoms with Gasteiger partial charge in [-0.15, -0.1) is 11.3 Å². The minimum Gasteiger partial charge on any atom is -0.487 e. The molecule has 0 N–H and O–H groups in total. The Balaban J connectivity index is 1.84. The summed E-state index contributed by atoms with van der Waals surface area (Å²) in [6, 6.07) is 8.92. The van der Waals surface area contributed by atoms with Gasteiger partial charge in [-0.25, -0.2) is 8.78 Å². The molecule has 7 heteroatoms. The van der Waals surface area contributed by atoms with E-state index in [1.807, 2.05) is 24.4 Å². The lowest BCUT2D eigenvalue weighted by Gasteiger charge is -2.14. The van der Waals surface area contributed by atoms with Gasteiger partial charge in [-0.3, -0.25) is 4.79 Å². The molecule has 0 saturated heterocycles. The van der Waals surface area contributed by atoms with Crippen molar-refractivity contribution < 1.29 is 13.5 Å². The first-order valence-corrected chi connectivity index (χ1v) is 9.12. The number of aryl methyl sites for hydroxylation is 1. The molecule has 3 nitrogen and oxygen atoms in total. The summed E-state index contributed by atoms with van der Waals surface area (Å²) in [5.74, 6) is -0.998. The molecular formula is C18H14BrF2NO2S. The SMILES string of the molecule is Cc1cc(OCc2ccc(F)cc2F)c(Br)c(=O)n1Cc1cccs1. The predicted octanol–water partition coefficient (Wildman–Crippen LogP) is 4.89. The van der Waals surface area contributed by atoms with E-state index < -0.39 is 11.6 Å². The molecule has 0 aliphatic rings. The molecule has 2 aromatic heterocycles. The average Bonchev–Trinajstić information content (AvgIpc) is 3.08. The second-order valence-corrected chi connectivity index (χ2v) is 7.28. The Morgan fingerprint density at radius 3 is 2.72 bits per heavy atom. The van der Waals surface area contributed by atoms with E-state index in [1.54, 1.807) is 22.0 Å². The van der Waals surface area contributed by atoms with Gasteiger partial charge in [-0.1, -0.05) is 6.07 Å². The fraction of sp³-hybridized carbons (Fsp3) is 0.167. The van der Waals surface area contributed by atoms with Gasteiger partial charge in [-0.2, -0.15) is 0 Å². The predicted molar refractivity (Wildman–Crippen MR) is 97.2 cm³/mol. The number of pyridine rings is 1. The molecule has 0 aliphatic heterocycles. The van der Waals surface area contributed by atoms with Crippen LogP contribution < -0.4 is 10.3 Å². The second-order valence-electron chi connectivity index (χ2n) is 5.46. The van der Waals surface area contributed by atoms with Gasteiger partial charge in [0.15, 0.2) is 0 Å². The Hall–Kier alpha value is -1.99. The fourth-order valence-corrected chi connectivity index (χ4v) is 3.50. The molecule has 0 fully saturated rings. The average molecular weight is 426 g/mol. The second kappa shape index (κ2) is 7.49. The first-order chi connectivity index (χ1) is 12.0. The van der Waals surface area contributed by atoms with E-state index in [2.05, 4.69) is 15.9 Å². The summed E-state index contributed by atoms with van der Waals surface area (Å²) >= 11 is 4.84. The van der Waals surface area contributed by atoms with Crippen molar-refractivity contribution in [3.8, 4) is 5.75 Å². The Morgan fingerprint density at radius 1 is 1.24 bits per heavy atom. The van der Waals surface area contributed by atoms with Crippen molar-refractivity contribution in [2.45, 2.75) is 20.1 Å². The van der Waals surface area contributed by atoms with Gasteiger partial charge >= 0.3 is 0 Å². The van der Waals surface area contributed by atoms with Crippen LogP contribution in [0.2, 0.25) is 0 Å². The summed E-state index contributed by atoms with van der Waals surface area (Å²) in [4.78, 5) is 13.6. The molecule has 0 aliphatic carbocycles. The van der Waals surface area contributed by atoms with E-state index in [0.717, 1.165) is 16.6 Å². The molecule has 0 radical (unpaired) electrons. The van der Waals surface area contributed by atoms with Gasteiger partial charge in [0.2, 0.25) is 0 Å². The molecule has 0 amide bonds. The molecule has 0 atom stereocenters. The Kier molecular flexibility index (Phi) is 5.34. The van der Waals surface area contributed by atoms with Crippen LogP contribution in [-0.4, -0.2) is 4.57 Å². The molecule has 0 bridgehead atoms. The maximum Gasteiger partial charge on any atom is 0.269 e. The molecule has 0 saturated carbocycles. The highest BCUT2D eigenvalue weighted by Crippen LogP contribution is 2.24. The summed E-state index contributed by atoms with van der Waals surface area (Å²) in [5.41, 5.74) is 0.730. The third kappa shape index (κ3) is 3.99. The fourth-order valence-electron chi connectivity index (χ4n) is 2.37. The van der Waals surface area contributed by atoms with Crippen LogP contribution in [0.5, 0.6) is 5.75 Å². The smallest absolute Gasteiger partial charge is 0.269 e. The van der Waals surface area contributed by atoms with Crippen LogP contribution in [0.1, 0.15) is 16.1 Å². The van der Waals surface area contributed by atoms with Crippen LogP contribution >= 0.6 is 27.3 Å². The minimum absolute atomic E-state index is 0.0987.